The van der Waals surface area contributed by atoms with Gasteiger partial charge in [-0.2, -0.15) is 0 Å². The normalized spacial score (nSPS) is 10.9. The Labute approximate surface area is 131 Å². The number of benzene rings is 1. The average molecular weight is 305 g/mol. The Morgan fingerprint density at radius 3 is 2.48 bits per heavy atom. The van der Waals surface area contributed by atoms with Gasteiger partial charge in [0.15, 0.2) is 0 Å². The van der Waals surface area contributed by atoms with E-state index in [2.05, 4.69) is 34.0 Å². The molecular formula is C16H21ClN4. The summed E-state index contributed by atoms with van der Waals surface area (Å²) in [5, 5.41) is 3.70. The van der Waals surface area contributed by atoms with E-state index >= 15 is 0 Å². The van der Waals surface area contributed by atoms with Crippen molar-refractivity contribution in [3.05, 3.63) is 41.6 Å². The second kappa shape index (κ2) is 7.96. The summed E-state index contributed by atoms with van der Waals surface area (Å²) in [5.41, 5.74) is 1.87. The number of aromatic nitrogens is 2. The van der Waals surface area contributed by atoms with Crippen molar-refractivity contribution < 1.29 is 0 Å². The van der Waals surface area contributed by atoms with Gasteiger partial charge in [0.05, 0.1) is 5.69 Å². The first-order valence-electron chi connectivity index (χ1n) is 7.29. The molecule has 21 heavy (non-hydrogen) atoms. The molecule has 1 aromatic carbocycles. The lowest BCUT2D eigenvalue weighted by molar-refractivity contribution is 0.316. The predicted molar refractivity (Wildman–Crippen MR) is 88.8 cm³/mol. The summed E-state index contributed by atoms with van der Waals surface area (Å²) >= 11 is 6.09. The molecule has 0 aliphatic heterocycles. The number of likely N-dealkylation sites (N-methyl/N-ethyl adjacent to an activating group) is 1. The quantitative estimate of drug-likeness (QED) is 0.794. The summed E-state index contributed by atoms with van der Waals surface area (Å²) in [6.07, 6.45) is 0. The van der Waals surface area contributed by atoms with Gasteiger partial charge in [0.2, 0.25) is 5.95 Å². The summed E-state index contributed by atoms with van der Waals surface area (Å²) in [7, 11) is 0. The van der Waals surface area contributed by atoms with Gasteiger partial charge in [0.25, 0.3) is 0 Å². The van der Waals surface area contributed by atoms with Gasteiger partial charge in [-0.1, -0.05) is 55.8 Å². The van der Waals surface area contributed by atoms with E-state index in [-0.39, 0.29) is 0 Å². The van der Waals surface area contributed by atoms with Crippen molar-refractivity contribution in [2.75, 3.05) is 31.5 Å². The van der Waals surface area contributed by atoms with Crippen LogP contribution < -0.4 is 5.32 Å². The number of halogens is 1. The molecule has 1 aromatic heterocycles. The van der Waals surface area contributed by atoms with E-state index in [9.17, 15) is 0 Å². The van der Waals surface area contributed by atoms with Crippen LogP contribution in [0.2, 0.25) is 5.15 Å². The summed E-state index contributed by atoms with van der Waals surface area (Å²) < 4.78 is 0. The first-order chi connectivity index (χ1) is 10.2. The van der Waals surface area contributed by atoms with Crippen LogP contribution in [0.3, 0.4) is 0 Å². The Morgan fingerprint density at radius 1 is 1.10 bits per heavy atom. The van der Waals surface area contributed by atoms with Crippen LogP contribution in [-0.2, 0) is 0 Å². The molecule has 1 heterocycles. The third kappa shape index (κ3) is 4.69. The molecule has 2 aromatic rings. The second-order valence-corrected chi connectivity index (χ2v) is 5.11. The molecule has 112 valence electrons. The third-order valence-electron chi connectivity index (χ3n) is 3.37. The molecule has 1 N–H and O–H groups in total. The Balaban J connectivity index is 2.06. The van der Waals surface area contributed by atoms with E-state index in [0.29, 0.717) is 11.1 Å². The maximum Gasteiger partial charge on any atom is 0.224 e. The predicted octanol–water partition coefficient (Wildman–Crippen LogP) is 3.55. The van der Waals surface area contributed by atoms with Crippen LogP contribution >= 0.6 is 11.6 Å². The van der Waals surface area contributed by atoms with E-state index in [1.807, 2.05) is 30.3 Å². The molecule has 0 radical (unpaired) electrons. The standard InChI is InChI=1S/C16H21ClN4/c1-3-21(4-2)11-10-18-16-19-14(12-15(17)20-16)13-8-6-5-7-9-13/h5-9,12H,3-4,10-11H2,1-2H3,(H,18,19,20). The van der Waals surface area contributed by atoms with E-state index in [1.165, 1.54) is 0 Å². The fourth-order valence-corrected chi connectivity index (χ4v) is 2.30. The fourth-order valence-electron chi connectivity index (χ4n) is 2.12. The minimum Gasteiger partial charge on any atom is -0.353 e. The number of hydrogen-bond donors (Lipinski definition) is 1. The fraction of sp³-hybridized carbons (Fsp3) is 0.375. The first-order valence-corrected chi connectivity index (χ1v) is 7.67. The van der Waals surface area contributed by atoms with E-state index in [1.54, 1.807) is 6.07 Å². The Hall–Kier alpha value is -1.65. The SMILES string of the molecule is CCN(CC)CCNc1nc(Cl)cc(-c2ccccc2)n1. The highest BCUT2D eigenvalue weighted by molar-refractivity contribution is 6.29. The smallest absolute Gasteiger partial charge is 0.224 e. The molecule has 0 atom stereocenters. The van der Waals surface area contributed by atoms with Gasteiger partial charge < -0.3 is 10.2 Å². The van der Waals surface area contributed by atoms with E-state index in [0.717, 1.165) is 37.4 Å². The molecule has 0 aliphatic carbocycles. The van der Waals surface area contributed by atoms with Gasteiger partial charge in [-0.05, 0) is 13.1 Å². The van der Waals surface area contributed by atoms with E-state index < -0.39 is 0 Å². The van der Waals surface area contributed by atoms with Crippen LogP contribution in [0.4, 0.5) is 5.95 Å². The number of rotatable bonds is 7. The number of nitrogens with zero attached hydrogens (tertiary/aromatic N) is 3. The Morgan fingerprint density at radius 2 is 1.81 bits per heavy atom. The monoisotopic (exact) mass is 304 g/mol. The molecule has 5 heteroatoms. The van der Waals surface area contributed by atoms with Crippen molar-refractivity contribution in [1.29, 1.82) is 0 Å². The maximum absolute atomic E-state index is 6.09. The highest BCUT2D eigenvalue weighted by atomic mass is 35.5. The molecule has 0 saturated heterocycles. The van der Waals surface area contributed by atoms with Gasteiger partial charge in [-0.3, -0.25) is 0 Å². The number of nitrogens with one attached hydrogen (secondary N) is 1. The molecular weight excluding hydrogens is 284 g/mol. The van der Waals surface area contributed by atoms with Crippen molar-refractivity contribution in [2.45, 2.75) is 13.8 Å². The van der Waals surface area contributed by atoms with Gasteiger partial charge in [0.1, 0.15) is 5.15 Å². The van der Waals surface area contributed by atoms with Crippen LogP contribution in [0, 0.1) is 0 Å². The average Bonchev–Trinajstić information content (AvgIpc) is 2.52. The van der Waals surface area contributed by atoms with Crippen LogP contribution in [0.25, 0.3) is 11.3 Å². The van der Waals surface area contributed by atoms with Gasteiger partial charge in [0, 0.05) is 24.7 Å². The lowest BCUT2D eigenvalue weighted by Gasteiger charge is -2.18. The van der Waals surface area contributed by atoms with Crippen molar-refractivity contribution in [3.63, 3.8) is 0 Å². The molecule has 0 unspecified atom stereocenters. The van der Waals surface area contributed by atoms with Crippen molar-refractivity contribution in [1.82, 2.24) is 14.9 Å². The topological polar surface area (TPSA) is 41.0 Å². The highest BCUT2D eigenvalue weighted by Gasteiger charge is 2.05. The zero-order chi connectivity index (χ0) is 15.1. The molecule has 2 rings (SSSR count). The molecule has 0 bridgehead atoms. The highest BCUT2D eigenvalue weighted by Crippen LogP contribution is 2.20. The van der Waals surface area contributed by atoms with Gasteiger partial charge in [-0.25, -0.2) is 9.97 Å². The van der Waals surface area contributed by atoms with Crippen molar-refractivity contribution >= 4 is 17.5 Å². The minimum atomic E-state index is 0.453. The molecule has 0 spiro atoms. The van der Waals surface area contributed by atoms with Crippen LogP contribution in [0.5, 0.6) is 0 Å². The van der Waals surface area contributed by atoms with Crippen LogP contribution in [0.15, 0.2) is 36.4 Å². The third-order valence-corrected chi connectivity index (χ3v) is 3.56. The molecule has 0 saturated carbocycles. The van der Waals surface area contributed by atoms with E-state index in [4.69, 9.17) is 11.6 Å². The zero-order valence-corrected chi connectivity index (χ0v) is 13.3. The lowest BCUT2D eigenvalue weighted by Crippen LogP contribution is -2.29. The molecule has 0 amide bonds. The summed E-state index contributed by atoms with van der Waals surface area (Å²) in [6.45, 7) is 8.17. The molecule has 4 nitrogen and oxygen atoms in total. The minimum absolute atomic E-state index is 0.453. The maximum atomic E-state index is 6.09. The molecule has 0 fully saturated rings. The van der Waals surface area contributed by atoms with Crippen LogP contribution in [-0.4, -0.2) is 41.0 Å². The summed E-state index contributed by atoms with van der Waals surface area (Å²) in [5.74, 6) is 0.577. The van der Waals surface area contributed by atoms with Crippen molar-refractivity contribution in [3.8, 4) is 11.3 Å². The van der Waals surface area contributed by atoms with Crippen molar-refractivity contribution in [2.24, 2.45) is 0 Å². The largest absolute Gasteiger partial charge is 0.353 e. The van der Waals surface area contributed by atoms with Gasteiger partial charge in [-0.15, -0.1) is 0 Å². The van der Waals surface area contributed by atoms with Crippen LogP contribution in [0.1, 0.15) is 13.8 Å². The Bertz CT molecular complexity index is 555. The molecule has 0 aliphatic rings. The first kappa shape index (κ1) is 15.7. The summed E-state index contributed by atoms with van der Waals surface area (Å²) in [6, 6.07) is 11.8. The number of anilines is 1. The lowest BCUT2D eigenvalue weighted by atomic mass is 10.1. The Kier molecular flexibility index (Phi) is 5.96. The second-order valence-electron chi connectivity index (χ2n) is 4.72. The summed E-state index contributed by atoms with van der Waals surface area (Å²) in [4.78, 5) is 11.1. The zero-order valence-electron chi connectivity index (χ0n) is 12.5. The number of hydrogen-bond acceptors (Lipinski definition) is 4. The van der Waals surface area contributed by atoms with Gasteiger partial charge >= 0.3 is 0 Å².